The first-order valence-electron chi connectivity index (χ1n) is 8.90. The van der Waals surface area contributed by atoms with Gasteiger partial charge in [-0.1, -0.05) is 23.7 Å². The summed E-state index contributed by atoms with van der Waals surface area (Å²) in [6, 6.07) is 7.19. The van der Waals surface area contributed by atoms with E-state index in [0.717, 1.165) is 10.2 Å². The van der Waals surface area contributed by atoms with E-state index >= 15 is 0 Å². The number of hydrogen-bond acceptors (Lipinski definition) is 6. The van der Waals surface area contributed by atoms with Crippen molar-refractivity contribution >= 4 is 29.0 Å². The van der Waals surface area contributed by atoms with Gasteiger partial charge in [-0.25, -0.2) is 18.9 Å². The summed E-state index contributed by atoms with van der Waals surface area (Å²) in [6.07, 6.45) is 3.11. The Balaban J connectivity index is 1.50. The molecular formula is C18H19ClN6O3. The second kappa shape index (κ2) is 7.99. The van der Waals surface area contributed by atoms with Crippen molar-refractivity contribution in [3.63, 3.8) is 0 Å². The van der Waals surface area contributed by atoms with Gasteiger partial charge in [0.05, 0.1) is 13.2 Å². The topological polar surface area (TPSA) is 93.8 Å². The fourth-order valence-electron chi connectivity index (χ4n) is 3.03. The molecule has 1 fully saturated rings. The molecule has 0 unspecified atom stereocenters. The normalized spacial score (nSPS) is 14.4. The summed E-state index contributed by atoms with van der Waals surface area (Å²) < 4.78 is 7.92. The van der Waals surface area contributed by atoms with Crippen molar-refractivity contribution in [2.45, 2.75) is 13.1 Å². The number of morpholine rings is 1. The fourth-order valence-corrected chi connectivity index (χ4v) is 3.16. The maximum Gasteiger partial charge on any atom is 0.350 e. The molecule has 0 spiro atoms. The minimum Gasteiger partial charge on any atom is -0.378 e. The number of nitrogens with one attached hydrogen (secondary N) is 1. The first kappa shape index (κ1) is 18.5. The number of halogens is 1. The van der Waals surface area contributed by atoms with Crippen molar-refractivity contribution in [3.8, 4) is 0 Å². The van der Waals surface area contributed by atoms with Gasteiger partial charge >= 0.3 is 5.69 Å². The van der Waals surface area contributed by atoms with Crippen LogP contribution in [0.5, 0.6) is 0 Å². The number of hydrogen-bond donors (Lipinski definition) is 1. The number of fused-ring (bicyclic) bond motifs is 1. The Hall–Kier alpha value is -2.91. The number of ether oxygens (including phenoxy) is 1. The third-order valence-electron chi connectivity index (χ3n) is 4.49. The summed E-state index contributed by atoms with van der Waals surface area (Å²) in [7, 11) is 0. The lowest BCUT2D eigenvalue weighted by atomic mass is 10.2. The minimum absolute atomic E-state index is 0.170. The maximum atomic E-state index is 12.6. The molecule has 9 nitrogen and oxygen atoms in total. The first-order valence-corrected chi connectivity index (χ1v) is 9.27. The number of aromatic nitrogens is 4. The molecule has 0 radical (unpaired) electrons. The highest BCUT2D eigenvalue weighted by Crippen LogP contribution is 2.16. The molecular weight excluding hydrogens is 384 g/mol. The molecule has 4 rings (SSSR count). The molecule has 0 saturated carbocycles. The lowest BCUT2D eigenvalue weighted by Gasteiger charge is -2.27. The quantitative estimate of drug-likeness (QED) is 0.675. The van der Waals surface area contributed by atoms with E-state index in [9.17, 15) is 9.59 Å². The molecule has 146 valence electrons. The first-order chi connectivity index (χ1) is 13.6. The van der Waals surface area contributed by atoms with Gasteiger partial charge in [0.25, 0.3) is 0 Å². The SMILES string of the molecule is O=C(Cn1nc2c(N3CCOCC3)nccn2c1=O)NCc1ccc(Cl)cc1. The van der Waals surface area contributed by atoms with Gasteiger partial charge in [-0.2, -0.15) is 0 Å². The molecule has 10 heteroatoms. The number of rotatable bonds is 5. The Bertz CT molecular complexity index is 1040. The summed E-state index contributed by atoms with van der Waals surface area (Å²) >= 11 is 5.86. The second-order valence-electron chi connectivity index (χ2n) is 6.39. The molecule has 0 bridgehead atoms. The largest absolute Gasteiger partial charge is 0.378 e. The molecule has 1 N–H and O–H groups in total. The van der Waals surface area contributed by atoms with Crippen LogP contribution in [-0.4, -0.2) is 51.4 Å². The monoisotopic (exact) mass is 402 g/mol. The van der Waals surface area contributed by atoms with E-state index in [-0.39, 0.29) is 18.1 Å². The molecule has 0 atom stereocenters. The molecule has 0 aliphatic carbocycles. The van der Waals surface area contributed by atoms with Crippen LogP contribution in [0.3, 0.4) is 0 Å². The van der Waals surface area contributed by atoms with Gasteiger partial charge < -0.3 is 15.0 Å². The zero-order valence-corrected chi connectivity index (χ0v) is 15.8. The number of amides is 1. The van der Waals surface area contributed by atoms with Crippen LogP contribution < -0.4 is 15.9 Å². The number of carbonyl (C=O) groups excluding carboxylic acids is 1. The van der Waals surface area contributed by atoms with E-state index in [1.807, 2.05) is 17.0 Å². The van der Waals surface area contributed by atoms with E-state index in [0.29, 0.717) is 49.3 Å². The predicted molar refractivity (Wildman–Crippen MR) is 104 cm³/mol. The van der Waals surface area contributed by atoms with Crippen molar-refractivity contribution < 1.29 is 9.53 Å². The van der Waals surface area contributed by atoms with Crippen LogP contribution in [0.25, 0.3) is 5.65 Å². The number of carbonyl (C=O) groups is 1. The molecule has 2 aromatic heterocycles. The predicted octanol–water partition coefficient (Wildman–Crippen LogP) is 0.697. The standard InChI is InChI=1S/C18H19ClN6O3/c19-14-3-1-13(2-4-14)11-21-15(26)12-25-18(27)24-6-5-20-16(17(24)22-25)23-7-9-28-10-8-23/h1-6H,7-12H2,(H,21,26). The highest BCUT2D eigenvalue weighted by Gasteiger charge is 2.19. The Morgan fingerprint density at radius 2 is 1.96 bits per heavy atom. The molecule has 1 aliphatic rings. The van der Waals surface area contributed by atoms with Gasteiger partial charge in [-0.15, -0.1) is 5.10 Å². The zero-order valence-electron chi connectivity index (χ0n) is 15.0. The molecule has 1 aromatic carbocycles. The van der Waals surface area contributed by atoms with Crippen LogP contribution in [0, 0.1) is 0 Å². The summed E-state index contributed by atoms with van der Waals surface area (Å²) in [5.41, 5.74) is 0.965. The second-order valence-corrected chi connectivity index (χ2v) is 6.82. The minimum atomic E-state index is -0.381. The van der Waals surface area contributed by atoms with Crippen LogP contribution in [0.1, 0.15) is 5.56 Å². The number of anilines is 1. The van der Waals surface area contributed by atoms with E-state index in [1.54, 1.807) is 24.5 Å². The van der Waals surface area contributed by atoms with E-state index < -0.39 is 0 Å². The van der Waals surface area contributed by atoms with Crippen molar-refractivity contribution in [2.75, 3.05) is 31.2 Å². The molecule has 28 heavy (non-hydrogen) atoms. The zero-order chi connectivity index (χ0) is 19.5. The Labute approximate surface area is 165 Å². The average Bonchev–Trinajstić information content (AvgIpc) is 3.04. The molecule has 3 aromatic rings. The molecule has 3 heterocycles. The highest BCUT2D eigenvalue weighted by atomic mass is 35.5. The summed E-state index contributed by atoms with van der Waals surface area (Å²) in [5.74, 6) is 0.310. The van der Waals surface area contributed by atoms with Crippen LogP contribution in [0.2, 0.25) is 5.02 Å². The van der Waals surface area contributed by atoms with Crippen LogP contribution in [0.4, 0.5) is 5.82 Å². The van der Waals surface area contributed by atoms with Gasteiger partial charge in [0.15, 0.2) is 5.82 Å². The molecule has 1 amide bonds. The van der Waals surface area contributed by atoms with Crippen molar-refractivity contribution in [2.24, 2.45) is 0 Å². The van der Waals surface area contributed by atoms with Crippen LogP contribution >= 0.6 is 11.6 Å². The van der Waals surface area contributed by atoms with E-state index in [2.05, 4.69) is 15.4 Å². The molecule has 1 aliphatic heterocycles. The Kier molecular flexibility index (Phi) is 5.27. The van der Waals surface area contributed by atoms with Gasteiger partial charge in [-0.3, -0.25) is 4.79 Å². The number of benzene rings is 1. The van der Waals surface area contributed by atoms with Gasteiger partial charge in [0, 0.05) is 37.1 Å². The Morgan fingerprint density at radius 1 is 1.21 bits per heavy atom. The average molecular weight is 403 g/mol. The molecule has 1 saturated heterocycles. The third kappa shape index (κ3) is 3.85. The van der Waals surface area contributed by atoms with Crippen molar-refractivity contribution in [3.05, 3.63) is 57.7 Å². The van der Waals surface area contributed by atoms with Gasteiger partial charge in [0.2, 0.25) is 11.6 Å². The van der Waals surface area contributed by atoms with Crippen molar-refractivity contribution in [1.29, 1.82) is 0 Å². The summed E-state index contributed by atoms with van der Waals surface area (Å²) in [5, 5.41) is 7.76. The highest BCUT2D eigenvalue weighted by molar-refractivity contribution is 6.30. The Morgan fingerprint density at radius 3 is 2.71 bits per heavy atom. The van der Waals surface area contributed by atoms with Crippen molar-refractivity contribution in [1.82, 2.24) is 24.5 Å². The van der Waals surface area contributed by atoms with Gasteiger partial charge in [0.1, 0.15) is 6.54 Å². The van der Waals surface area contributed by atoms with Crippen LogP contribution in [0.15, 0.2) is 41.5 Å². The van der Waals surface area contributed by atoms with E-state index in [4.69, 9.17) is 16.3 Å². The smallest absolute Gasteiger partial charge is 0.350 e. The summed E-state index contributed by atoms with van der Waals surface area (Å²) in [4.78, 5) is 31.3. The fraction of sp³-hybridized carbons (Fsp3) is 0.333. The maximum absolute atomic E-state index is 12.6. The van der Waals surface area contributed by atoms with E-state index in [1.165, 1.54) is 4.40 Å². The lowest BCUT2D eigenvalue weighted by molar-refractivity contribution is -0.122. The van der Waals surface area contributed by atoms with Crippen LogP contribution in [-0.2, 0) is 22.6 Å². The van der Waals surface area contributed by atoms with Gasteiger partial charge in [-0.05, 0) is 17.7 Å². The lowest BCUT2D eigenvalue weighted by Crippen LogP contribution is -2.37. The third-order valence-corrected chi connectivity index (χ3v) is 4.74. The summed E-state index contributed by atoms with van der Waals surface area (Å²) in [6.45, 7) is 2.72. The number of nitrogens with zero attached hydrogens (tertiary/aromatic N) is 5.